The molecular weight excluding hydrogens is 328 g/mol. The third kappa shape index (κ3) is 5.99. The third-order valence-electron chi connectivity index (χ3n) is 3.68. The maximum Gasteiger partial charge on any atom is 0.306 e. The predicted molar refractivity (Wildman–Crippen MR) is 88.6 cm³/mol. The Balaban J connectivity index is 1.74. The van der Waals surface area contributed by atoms with Gasteiger partial charge in [0.2, 0.25) is 0 Å². The zero-order valence-electron chi connectivity index (χ0n) is 13.9. The SMILES string of the molecule is CN(Cc1ccccc1F)C(=O)COC(=O)CCc1ccc(F)cc1. The molecule has 0 saturated carbocycles. The predicted octanol–water partition coefficient (Wildman–Crippen LogP) is 3.10. The van der Waals surface area contributed by atoms with Crippen LogP contribution in [0, 0.1) is 11.6 Å². The molecule has 0 saturated heterocycles. The number of esters is 1. The van der Waals surface area contributed by atoms with E-state index in [4.69, 9.17) is 4.74 Å². The van der Waals surface area contributed by atoms with Gasteiger partial charge in [0.25, 0.3) is 5.91 Å². The van der Waals surface area contributed by atoms with Crippen LogP contribution in [0.1, 0.15) is 17.5 Å². The number of nitrogens with zero attached hydrogens (tertiary/aromatic N) is 1. The van der Waals surface area contributed by atoms with E-state index in [9.17, 15) is 18.4 Å². The summed E-state index contributed by atoms with van der Waals surface area (Å²) in [6.45, 7) is -0.300. The van der Waals surface area contributed by atoms with Crippen LogP contribution in [0.4, 0.5) is 8.78 Å². The second kappa shape index (κ2) is 8.92. The van der Waals surface area contributed by atoms with Gasteiger partial charge in [-0.2, -0.15) is 0 Å². The summed E-state index contributed by atoms with van der Waals surface area (Å²) in [7, 11) is 1.52. The lowest BCUT2D eigenvalue weighted by Crippen LogP contribution is -2.31. The largest absolute Gasteiger partial charge is 0.456 e. The summed E-state index contributed by atoms with van der Waals surface area (Å²) in [5, 5.41) is 0. The van der Waals surface area contributed by atoms with Gasteiger partial charge < -0.3 is 9.64 Å². The maximum absolute atomic E-state index is 13.6. The Labute approximate surface area is 145 Å². The van der Waals surface area contributed by atoms with Gasteiger partial charge in [-0.25, -0.2) is 8.78 Å². The number of likely N-dealkylation sites (N-methyl/N-ethyl adjacent to an activating group) is 1. The van der Waals surface area contributed by atoms with E-state index >= 15 is 0 Å². The standard InChI is InChI=1S/C19H19F2NO3/c1-22(12-15-4-2-3-5-17(15)21)18(23)13-25-19(24)11-8-14-6-9-16(20)10-7-14/h2-7,9-10H,8,11-13H2,1H3. The first kappa shape index (κ1) is 18.6. The molecule has 0 unspecified atom stereocenters. The van der Waals surface area contributed by atoms with Crippen molar-refractivity contribution in [1.82, 2.24) is 4.90 Å². The molecular formula is C19H19F2NO3. The number of benzene rings is 2. The molecule has 1 amide bonds. The number of carbonyl (C=O) groups is 2. The Bertz CT molecular complexity index is 732. The van der Waals surface area contributed by atoms with Crippen LogP contribution in [-0.4, -0.2) is 30.4 Å². The molecule has 0 aromatic heterocycles. The van der Waals surface area contributed by atoms with Crippen molar-refractivity contribution in [3.8, 4) is 0 Å². The van der Waals surface area contributed by atoms with Crippen molar-refractivity contribution in [3.05, 3.63) is 71.3 Å². The van der Waals surface area contributed by atoms with Crippen molar-refractivity contribution in [1.29, 1.82) is 0 Å². The van der Waals surface area contributed by atoms with Crippen molar-refractivity contribution in [2.75, 3.05) is 13.7 Å². The molecule has 0 aliphatic rings. The Morgan fingerprint density at radius 2 is 1.72 bits per heavy atom. The molecule has 25 heavy (non-hydrogen) atoms. The lowest BCUT2D eigenvalue weighted by Gasteiger charge is -2.17. The molecule has 132 valence electrons. The van der Waals surface area contributed by atoms with Gasteiger partial charge in [0, 0.05) is 25.6 Å². The van der Waals surface area contributed by atoms with Crippen LogP contribution in [0.25, 0.3) is 0 Å². The van der Waals surface area contributed by atoms with Crippen LogP contribution < -0.4 is 0 Å². The molecule has 2 aromatic carbocycles. The third-order valence-corrected chi connectivity index (χ3v) is 3.68. The fourth-order valence-corrected chi connectivity index (χ4v) is 2.19. The monoisotopic (exact) mass is 347 g/mol. The molecule has 0 aliphatic carbocycles. The van der Waals surface area contributed by atoms with E-state index in [2.05, 4.69) is 0 Å². The van der Waals surface area contributed by atoms with E-state index in [1.807, 2.05) is 0 Å². The normalized spacial score (nSPS) is 10.4. The van der Waals surface area contributed by atoms with Crippen molar-refractivity contribution in [2.24, 2.45) is 0 Å². The fourth-order valence-electron chi connectivity index (χ4n) is 2.19. The first-order valence-corrected chi connectivity index (χ1v) is 7.83. The number of halogens is 2. The second-order valence-corrected chi connectivity index (χ2v) is 5.63. The Morgan fingerprint density at radius 1 is 1.04 bits per heavy atom. The van der Waals surface area contributed by atoms with E-state index < -0.39 is 24.3 Å². The summed E-state index contributed by atoms with van der Waals surface area (Å²) < 4.78 is 31.3. The van der Waals surface area contributed by atoms with Crippen LogP contribution in [0.3, 0.4) is 0 Å². The van der Waals surface area contributed by atoms with E-state index in [0.29, 0.717) is 12.0 Å². The average molecular weight is 347 g/mol. The van der Waals surface area contributed by atoms with Gasteiger partial charge in [0.1, 0.15) is 11.6 Å². The maximum atomic E-state index is 13.6. The summed E-state index contributed by atoms with van der Waals surface area (Å²) in [6.07, 6.45) is 0.494. The highest BCUT2D eigenvalue weighted by molar-refractivity contribution is 5.80. The summed E-state index contributed by atoms with van der Waals surface area (Å²) in [5.74, 6) is -1.66. The first-order valence-electron chi connectivity index (χ1n) is 7.83. The fraction of sp³-hybridized carbons (Fsp3) is 0.263. The highest BCUT2D eigenvalue weighted by atomic mass is 19.1. The van der Waals surface area contributed by atoms with Gasteiger partial charge in [-0.05, 0) is 30.2 Å². The van der Waals surface area contributed by atoms with E-state index in [0.717, 1.165) is 5.56 Å². The molecule has 0 fully saturated rings. The number of hydrogen-bond acceptors (Lipinski definition) is 3. The molecule has 6 heteroatoms. The van der Waals surface area contributed by atoms with Crippen LogP contribution in [0.15, 0.2) is 48.5 Å². The minimum absolute atomic E-state index is 0.0932. The van der Waals surface area contributed by atoms with Gasteiger partial charge >= 0.3 is 5.97 Å². The van der Waals surface area contributed by atoms with Crippen LogP contribution in [-0.2, 0) is 27.3 Å². The lowest BCUT2D eigenvalue weighted by molar-refractivity contribution is -0.151. The molecule has 0 aliphatic heterocycles. The Hall–Kier alpha value is -2.76. The molecule has 0 radical (unpaired) electrons. The van der Waals surface area contributed by atoms with Gasteiger partial charge in [-0.1, -0.05) is 30.3 Å². The minimum Gasteiger partial charge on any atom is -0.456 e. The van der Waals surface area contributed by atoms with Crippen LogP contribution >= 0.6 is 0 Å². The Kier molecular flexibility index (Phi) is 6.62. The van der Waals surface area contributed by atoms with Crippen molar-refractivity contribution >= 4 is 11.9 Å². The zero-order chi connectivity index (χ0) is 18.2. The minimum atomic E-state index is -0.517. The summed E-state index contributed by atoms with van der Waals surface area (Å²) in [5.41, 5.74) is 1.20. The summed E-state index contributed by atoms with van der Waals surface area (Å²) >= 11 is 0. The topological polar surface area (TPSA) is 46.6 Å². The van der Waals surface area contributed by atoms with E-state index in [-0.39, 0.29) is 18.8 Å². The number of amides is 1. The molecule has 2 aromatic rings. The molecule has 0 heterocycles. The van der Waals surface area contributed by atoms with Gasteiger partial charge in [0.15, 0.2) is 6.61 Å². The molecule has 0 N–H and O–H groups in total. The number of hydrogen-bond donors (Lipinski definition) is 0. The number of aryl methyl sites for hydroxylation is 1. The van der Waals surface area contributed by atoms with Gasteiger partial charge in [-0.15, -0.1) is 0 Å². The second-order valence-electron chi connectivity index (χ2n) is 5.63. The molecule has 4 nitrogen and oxygen atoms in total. The smallest absolute Gasteiger partial charge is 0.306 e. The quantitative estimate of drug-likeness (QED) is 0.723. The number of rotatable bonds is 7. The molecule has 2 rings (SSSR count). The first-order chi connectivity index (χ1) is 12.0. The zero-order valence-corrected chi connectivity index (χ0v) is 13.9. The number of carbonyl (C=O) groups excluding carboxylic acids is 2. The van der Waals surface area contributed by atoms with Crippen molar-refractivity contribution in [2.45, 2.75) is 19.4 Å². The Morgan fingerprint density at radius 3 is 2.40 bits per heavy atom. The van der Waals surface area contributed by atoms with Gasteiger partial charge in [0.05, 0.1) is 0 Å². The van der Waals surface area contributed by atoms with Crippen LogP contribution in [0.5, 0.6) is 0 Å². The highest BCUT2D eigenvalue weighted by Gasteiger charge is 2.14. The van der Waals surface area contributed by atoms with E-state index in [1.54, 1.807) is 30.3 Å². The molecule has 0 spiro atoms. The lowest BCUT2D eigenvalue weighted by atomic mass is 10.1. The summed E-state index contributed by atoms with van der Waals surface area (Å²) in [4.78, 5) is 25.0. The average Bonchev–Trinajstić information content (AvgIpc) is 2.61. The van der Waals surface area contributed by atoms with E-state index in [1.165, 1.54) is 30.1 Å². The van der Waals surface area contributed by atoms with Crippen molar-refractivity contribution in [3.63, 3.8) is 0 Å². The summed E-state index contributed by atoms with van der Waals surface area (Å²) in [6, 6.07) is 12.0. The van der Waals surface area contributed by atoms with Gasteiger partial charge in [-0.3, -0.25) is 9.59 Å². The van der Waals surface area contributed by atoms with Crippen LogP contribution in [0.2, 0.25) is 0 Å². The molecule has 0 atom stereocenters. The van der Waals surface area contributed by atoms with Crippen molar-refractivity contribution < 1.29 is 23.1 Å². The molecule has 0 bridgehead atoms. The highest BCUT2D eigenvalue weighted by Crippen LogP contribution is 2.09. The number of ether oxygens (including phenoxy) is 1.